The van der Waals surface area contributed by atoms with Crippen molar-refractivity contribution < 1.29 is 23.8 Å². The summed E-state index contributed by atoms with van der Waals surface area (Å²) in [6.45, 7) is 0. The average Bonchev–Trinajstić information content (AvgIpc) is 3.37. The van der Waals surface area contributed by atoms with E-state index in [1.165, 1.54) is 30.3 Å². The molecule has 1 saturated heterocycles. The summed E-state index contributed by atoms with van der Waals surface area (Å²) in [6.07, 6.45) is 3.04. The number of nitrogens with one attached hydrogen (secondary N) is 1. The minimum atomic E-state index is -1.05. The quantitative estimate of drug-likeness (QED) is 0.282. The summed E-state index contributed by atoms with van der Waals surface area (Å²) >= 11 is 0. The molecule has 1 aliphatic heterocycles. The van der Waals surface area contributed by atoms with Gasteiger partial charge in [-0.1, -0.05) is 18.2 Å². The number of amides is 1. The van der Waals surface area contributed by atoms with Crippen molar-refractivity contribution in [2.24, 2.45) is 0 Å². The summed E-state index contributed by atoms with van der Waals surface area (Å²) in [5, 5.41) is 11.2. The molecule has 164 valence electrons. The number of hydrogen-bond donors (Lipinski definition) is 2. The molecule has 1 aliphatic rings. The van der Waals surface area contributed by atoms with Gasteiger partial charge < -0.3 is 14.8 Å². The van der Waals surface area contributed by atoms with Crippen LogP contribution >= 0.6 is 0 Å². The van der Waals surface area contributed by atoms with E-state index in [0.717, 1.165) is 6.07 Å². The number of imidazole rings is 1. The maximum atomic E-state index is 14.0. The Morgan fingerprint density at radius 1 is 1.15 bits per heavy atom. The van der Waals surface area contributed by atoms with Crippen LogP contribution in [0.25, 0.3) is 16.8 Å². The summed E-state index contributed by atoms with van der Waals surface area (Å²) in [5.41, 5.74) is 1.47. The topological polar surface area (TPSA) is 108 Å². The first-order valence-electron chi connectivity index (χ1n) is 9.99. The third-order valence-electron chi connectivity index (χ3n) is 5.47. The molecule has 0 bridgehead atoms. The van der Waals surface area contributed by atoms with Gasteiger partial charge in [0, 0.05) is 12.4 Å². The minimum Gasteiger partial charge on any atom is -0.507 e. The predicted molar refractivity (Wildman–Crippen MR) is 118 cm³/mol. The van der Waals surface area contributed by atoms with Gasteiger partial charge in [0.05, 0.1) is 35.3 Å². The number of aromatic amines is 1. The zero-order chi connectivity index (χ0) is 23.1. The van der Waals surface area contributed by atoms with Gasteiger partial charge in [-0.05, 0) is 42.0 Å². The van der Waals surface area contributed by atoms with Crippen LogP contribution in [0.1, 0.15) is 17.2 Å². The van der Waals surface area contributed by atoms with Crippen molar-refractivity contribution in [2.45, 2.75) is 6.04 Å². The third-order valence-corrected chi connectivity index (χ3v) is 5.47. The Labute approximate surface area is 187 Å². The Hall–Kier alpha value is -4.53. The fraction of sp³-hybridized carbons (Fsp3) is 0.0833. The number of aliphatic hydroxyl groups excluding tert-OH is 1. The molecule has 1 atom stereocenters. The van der Waals surface area contributed by atoms with Gasteiger partial charge in [-0.15, -0.1) is 0 Å². The van der Waals surface area contributed by atoms with Gasteiger partial charge in [-0.25, -0.2) is 9.37 Å². The van der Waals surface area contributed by atoms with E-state index in [-0.39, 0.29) is 22.8 Å². The number of rotatable bonds is 4. The fourth-order valence-corrected chi connectivity index (χ4v) is 3.97. The van der Waals surface area contributed by atoms with Crippen molar-refractivity contribution >= 4 is 34.4 Å². The zero-order valence-electron chi connectivity index (χ0n) is 17.3. The third kappa shape index (κ3) is 3.30. The molecule has 0 aliphatic carbocycles. The van der Waals surface area contributed by atoms with Crippen LogP contribution < -0.4 is 9.64 Å². The van der Waals surface area contributed by atoms with E-state index < -0.39 is 29.3 Å². The summed E-state index contributed by atoms with van der Waals surface area (Å²) in [6, 6.07) is 13.0. The van der Waals surface area contributed by atoms with Gasteiger partial charge in [0.15, 0.2) is 0 Å². The van der Waals surface area contributed by atoms with Crippen molar-refractivity contribution in [3.05, 3.63) is 89.5 Å². The maximum Gasteiger partial charge on any atom is 0.302 e. The van der Waals surface area contributed by atoms with E-state index in [9.17, 15) is 19.1 Å². The maximum absolute atomic E-state index is 14.0. The number of fused-ring (bicyclic) bond motifs is 1. The van der Waals surface area contributed by atoms with Crippen LogP contribution in [0.2, 0.25) is 0 Å². The molecule has 0 radical (unpaired) electrons. The number of para-hydroxylation sites is 2. The second-order valence-corrected chi connectivity index (χ2v) is 7.38. The molecule has 1 unspecified atom stereocenters. The highest BCUT2D eigenvalue weighted by molar-refractivity contribution is 6.51. The lowest BCUT2D eigenvalue weighted by molar-refractivity contribution is -0.132. The lowest BCUT2D eigenvalue weighted by atomic mass is 9.96. The minimum absolute atomic E-state index is 0.0472. The van der Waals surface area contributed by atoms with Crippen LogP contribution in [0.5, 0.6) is 5.75 Å². The number of carbonyl (C=O) groups excluding carboxylic acids is 2. The van der Waals surface area contributed by atoms with E-state index in [1.807, 2.05) is 6.07 Å². The average molecular weight is 444 g/mol. The number of Topliss-reactive ketones (excluding diaryl/α,β-unsaturated/α-hetero) is 1. The van der Waals surface area contributed by atoms with Gasteiger partial charge >= 0.3 is 5.91 Å². The smallest absolute Gasteiger partial charge is 0.302 e. The SMILES string of the molecule is COc1ccc(F)cc1/C(O)=C1\C(=O)C(=O)N(c2nc3ccccc3[nH]2)C1c1cccnc1. The number of anilines is 1. The van der Waals surface area contributed by atoms with E-state index in [2.05, 4.69) is 15.0 Å². The fourth-order valence-electron chi connectivity index (χ4n) is 3.97. The van der Waals surface area contributed by atoms with Gasteiger partial charge in [-0.2, -0.15) is 0 Å². The van der Waals surface area contributed by atoms with E-state index in [1.54, 1.807) is 36.5 Å². The van der Waals surface area contributed by atoms with Crippen molar-refractivity contribution in [3.8, 4) is 5.75 Å². The molecule has 2 N–H and O–H groups in total. The number of ketones is 1. The standard InChI is InChI=1S/C24H17FN4O4/c1-33-18-9-8-14(25)11-15(18)21(30)19-20(13-5-4-10-26-12-13)29(23(32)22(19)31)24-27-16-6-2-3-7-17(16)28-24/h2-12,20,30H,1H3,(H,27,28)/b21-19+. The van der Waals surface area contributed by atoms with Gasteiger partial charge in [-0.3, -0.25) is 19.5 Å². The van der Waals surface area contributed by atoms with Gasteiger partial charge in [0.1, 0.15) is 17.3 Å². The Balaban J connectivity index is 1.76. The van der Waals surface area contributed by atoms with Crippen molar-refractivity contribution in [1.82, 2.24) is 15.0 Å². The molecular weight excluding hydrogens is 427 g/mol. The highest BCUT2D eigenvalue weighted by Crippen LogP contribution is 2.42. The van der Waals surface area contributed by atoms with Gasteiger partial charge in [0.25, 0.3) is 5.78 Å². The molecule has 3 heterocycles. The second-order valence-electron chi connectivity index (χ2n) is 7.38. The van der Waals surface area contributed by atoms with Crippen molar-refractivity contribution in [3.63, 3.8) is 0 Å². The number of ether oxygens (including phenoxy) is 1. The molecule has 2 aromatic heterocycles. The predicted octanol–water partition coefficient (Wildman–Crippen LogP) is 3.73. The Bertz CT molecular complexity index is 1400. The highest BCUT2D eigenvalue weighted by atomic mass is 19.1. The van der Waals surface area contributed by atoms with Crippen LogP contribution in [0.3, 0.4) is 0 Å². The molecule has 1 fully saturated rings. The molecule has 8 nitrogen and oxygen atoms in total. The molecule has 5 rings (SSSR count). The number of aromatic nitrogens is 3. The number of halogens is 1. The molecule has 1 amide bonds. The van der Waals surface area contributed by atoms with Crippen LogP contribution in [-0.4, -0.2) is 38.9 Å². The molecule has 0 spiro atoms. The molecule has 0 saturated carbocycles. The monoisotopic (exact) mass is 444 g/mol. The summed E-state index contributed by atoms with van der Waals surface area (Å²) < 4.78 is 19.2. The Morgan fingerprint density at radius 2 is 1.97 bits per heavy atom. The van der Waals surface area contributed by atoms with E-state index in [4.69, 9.17) is 4.74 Å². The summed E-state index contributed by atoms with van der Waals surface area (Å²) in [7, 11) is 1.36. The molecule has 2 aromatic carbocycles. The summed E-state index contributed by atoms with van der Waals surface area (Å²) in [4.78, 5) is 39.1. The number of methoxy groups -OCH3 is 1. The first kappa shape index (κ1) is 20.4. The number of nitrogens with zero attached hydrogens (tertiary/aromatic N) is 3. The first-order chi connectivity index (χ1) is 16.0. The van der Waals surface area contributed by atoms with Crippen LogP contribution in [-0.2, 0) is 9.59 Å². The molecule has 9 heteroatoms. The lowest BCUT2D eigenvalue weighted by Gasteiger charge is -2.22. The van der Waals surface area contributed by atoms with Crippen LogP contribution in [0, 0.1) is 5.82 Å². The first-order valence-corrected chi connectivity index (χ1v) is 9.99. The van der Waals surface area contributed by atoms with E-state index in [0.29, 0.717) is 16.6 Å². The van der Waals surface area contributed by atoms with Crippen LogP contribution in [0.4, 0.5) is 10.3 Å². The van der Waals surface area contributed by atoms with Crippen molar-refractivity contribution in [2.75, 3.05) is 12.0 Å². The lowest BCUT2D eigenvalue weighted by Crippen LogP contribution is -2.30. The second kappa shape index (κ2) is 7.86. The number of H-pyrrole nitrogens is 1. The number of pyridine rings is 1. The van der Waals surface area contributed by atoms with Crippen molar-refractivity contribution in [1.29, 1.82) is 0 Å². The molecular formula is C24H17FN4O4. The normalized spacial score (nSPS) is 17.6. The Kier molecular flexibility index (Phi) is 4.86. The summed E-state index contributed by atoms with van der Waals surface area (Å²) in [5.74, 6) is -2.74. The van der Waals surface area contributed by atoms with E-state index >= 15 is 0 Å². The largest absolute Gasteiger partial charge is 0.507 e. The van der Waals surface area contributed by atoms with Gasteiger partial charge in [0.2, 0.25) is 5.95 Å². The van der Waals surface area contributed by atoms with Crippen LogP contribution in [0.15, 0.2) is 72.6 Å². The number of benzene rings is 2. The number of carbonyl (C=O) groups is 2. The Morgan fingerprint density at radius 3 is 2.70 bits per heavy atom. The molecule has 4 aromatic rings. The molecule has 33 heavy (non-hydrogen) atoms. The number of aliphatic hydroxyl groups is 1. The number of hydrogen-bond acceptors (Lipinski definition) is 6. The zero-order valence-corrected chi connectivity index (χ0v) is 17.3. The highest BCUT2D eigenvalue weighted by Gasteiger charge is 2.48.